The van der Waals surface area contributed by atoms with Gasteiger partial charge >= 0.3 is 5.69 Å². The summed E-state index contributed by atoms with van der Waals surface area (Å²) in [6.07, 6.45) is 1.82. The van der Waals surface area contributed by atoms with Crippen LogP contribution in [0, 0.1) is 10.1 Å². The Labute approximate surface area is 126 Å². The lowest BCUT2D eigenvalue weighted by atomic mass is 10.1. The van der Waals surface area contributed by atoms with Crippen LogP contribution in [0.15, 0.2) is 29.6 Å². The lowest BCUT2D eigenvalue weighted by molar-refractivity contribution is -0.384. The third kappa shape index (κ3) is 3.67. The molecule has 0 radical (unpaired) electrons. The van der Waals surface area contributed by atoms with Crippen LogP contribution in [0.2, 0.25) is 0 Å². The first kappa shape index (κ1) is 15.2. The molecule has 0 saturated heterocycles. The molecular formula is C13H17N5O2S. The number of nitro groups is 1. The van der Waals surface area contributed by atoms with Gasteiger partial charge in [-0.1, -0.05) is 19.4 Å². The maximum atomic E-state index is 11.1. The second kappa shape index (κ2) is 7.00. The molecule has 1 atom stereocenters. The van der Waals surface area contributed by atoms with Gasteiger partial charge in [-0.3, -0.25) is 10.1 Å². The number of nitrogens with zero attached hydrogens (tertiary/aromatic N) is 2. The Bertz CT molecular complexity index is 603. The largest absolute Gasteiger partial charge is 0.357 e. The lowest BCUT2D eigenvalue weighted by Crippen LogP contribution is -2.14. The van der Waals surface area contributed by atoms with Gasteiger partial charge in [0.1, 0.15) is 5.82 Å². The standard InChI is InChI=1S/C13H17N5O2S/c1-2-4-9(11-5-3-8-21-11)15-13-10(18(19)20)6-7-12(16-13)17-14/h3,5-9H,2,4,14H2,1H3,(H2,15,16,17). The van der Waals surface area contributed by atoms with Crippen LogP contribution in [0.3, 0.4) is 0 Å². The molecule has 112 valence electrons. The minimum absolute atomic E-state index is 0.00535. The van der Waals surface area contributed by atoms with Gasteiger partial charge in [0.15, 0.2) is 0 Å². The van der Waals surface area contributed by atoms with Crippen molar-refractivity contribution in [2.75, 3.05) is 10.7 Å². The van der Waals surface area contributed by atoms with Gasteiger partial charge in [0.05, 0.1) is 11.0 Å². The van der Waals surface area contributed by atoms with Gasteiger partial charge < -0.3 is 10.7 Å². The Kier molecular flexibility index (Phi) is 5.07. The third-order valence-corrected chi connectivity index (χ3v) is 3.98. The summed E-state index contributed by atoms with van der Waals surface area (Å²) in [5.74, 6) is 5.92. The highest BCUT2D eigenvalue weighted by Crippen LogP contribution is 2.31. The monoisotopic (exact) mass is 307 g/mol. The summed E-state index contributed by atoms with van der Waals surface area (Å²) in [6.45, 7) is 2.07. The molecular weight excluding hydrogens is 290 g/mol. The van der Waals surface area contributed by atoms with Crippen molar-refractivity contribution in [2.45, 2.75) is 25.8 Å². The number of rotatable bonds is 7. The smallest absolute Gasteiger partial charge is 0.311 e. The van der Waals surface area contributed by atoms with Crippen LogP contribution in [0.4, 0.5) is 17.3 Å². The van der Waals surface area contributed by atoms with Gasteiger partial charge in [-0.05, 0) is 23.9 Å². The number of hydrogen-bond acceptors (Lipinski definition) is 7. The predicted octanol–water partition coefficient (Wildman–Crippen LogP) is 3.29. The normalized spacial score (nSPS) is 11.9. The fourth-order valence-electron chi connectivity index (χ4n) is 2.01. The first-order valence-corrected chi connectivity index (χ1v) is 7.45. The van der Waals surface area contributed by atoms with Crippen molar-refractivity contribution in [1.29, 1.82) is 0 Å². The van der Waals surface area contributed by atoms with E-state index in [1.165, 1.54) is 12.1 Å². The van der Waals surface area contributed by atoms with Crippen molar-refractivity contribution in [3.05, 3.63) is 44.6 Å². The number of nitrogens with two attached hydrogens (primary N) is 1. The zero-order chi connectivity index (χ0) is 15.2. The van der Waals surface area contributed by atoms with Crippen molar-refractivity contribution in [2.24, 2.45) is 5.84 Å². The molecule has 0 bridgehead atoms. The summed E-state index contributed by atoms with van der Waals surface area (Å²) < 4.78 is 0. The maximum absolute atomic E-state index is 11.1. The Balaban J connectivity index is 2.32. The number of thiophene rings is 1. The highest BCUT2D eigenvalue weighted by molar-refractivity contribution is 7.10. The van der Waals surface area contributed by atoms with E-state index in [0.717, 1.165) is 17.7 Å². The van der Waals surface area contributed by atoms with Gasteiger partial charge in [-0.25, -0.2) is 10.8 Å². The molecule has 2 heterocycles. The van der Waals surface area contributed by atoms with Crippen molar-refractivity contribution < 1.29 is 4.92 Å². The highest BCUT2D eigenvalue weighted by Gasteiger charge is 2.20. The van der Waals surface area contributed by atoms with Crippen molar-refractivity contribution in [1.82, 2.24) is 4.98 Å². The molecule has 0 fully saturated rings. The highest BCUT2D eigenvalue weighted by atomic mass is 32.1. The predicted molar refractivity (Wildman–Crippen MR) is 84.3 cm³/mol. The summed E-state index contributed by atoms with van der Waals surface area (Å²) in [4.78, 5) is 16.0. The van der Waals surface area contributed by atoms with Crippen LogP contribution in [-0.4, -0.2) is 9.91 Å². The van der Waals surface area contributed by atoms with Crippen LogP contribution in [0.25, 0.3) is 0 Å². The lowest BCUT2D eigenvalue weighted by Gasteiger charge is -2.17. The van der Waals surface area contributed by atoms with E-state index < -0.39 is 4.92 Å². The fourth-order valence-corrected chi connectivity index (χ4v) is 2.83. The van der Waals surface area contributed by atoms with E-state index >= 15 is 0 Å². The maximum Gasteiger partial charge on any atom is 0.311 e. The molecule has 8 heteroatoms. The molecule has 0 aliphatic heterocycles. The minimum atomic E-state index is -0.451. The van der Waals surface area contributed by atoms with Crippen molar-refractivity contribution in [3.8, 4) is 0 Å². The Morgan fingerprint density at radius 3 is 2.86 bits per heavy atom. The van der Waals surface area contributed by atoms with Crippen molar-refractivity contribution >= 4 is 28.7 Å². The van der Waals surface area contributed by atoms with Gasteiger partial charge in [0.2, 0.25) is 5.82 Å². The van der Waals surface area contributed by atoms with Gasteiger partial charge in [-0.2, -0.15) is 0 Å². The topological polar surface area (TPSA) is 106 Å². The van der Waals surface area contributed by atoms with Crippen LogP contribution >= 0.6 is 11.3 Å². The van der Waals surface area contributed by atoms with E-state index in [2.05, 4.69) is 22.7 Å². The second-order valence-electron chi connectivity index (χ2n) is 4.47. The van der Waals surface area contributed by atoms with Gasteiger partial charge in [-0.15, -0.1) is 11.3 Å². The molecule has 21 heavy (non-hydrogen) atoms. The first-order valence-electron chi connectivity index (χ1n) is 6.57. The van der Waals surface area contributed by atoms with E-state index in [1.54, 1.807) is 11.3 Å². The quantitative estimate of drug-likeness (QED) is 0.412. The first-order chi connectivity index (χ1) is 10.2. The third-order valence-electron chi connectivity index (χ3n) is 2.99. The van der Waals surface area contributed by atoms with Crippen molar-refractivity contribution in [3.63, 3.8) is 0 Å². The number of nitrogen functional groups attached to an aromatic ring is 1. The molecule has 0 saturated carbocycles. The minimum Gasteiger partial charge on any atom is -0.357 e. The zero-order valence-electron chi connectivity index (χ0n) is 11.6. The average molecular weight is 307 g/mol. The van der Waals surface area contributed by atoms with Crippen LogP contribution in [0.5, 0.6) is 0 Å². The van der Waals surface area contributed by atoms with E-state index in [-0.39, 0.29) is 17.5 Å². The molecule has 1 unspecified atom stereocenters. The molecule has 2 aromatic rings. The molecule has 0 amide bonds. The fraction of sp³-hybridized carbons (Fsp3) is 0.308. The van der Waals surface area contributed by atoms with E-state index in [0.29, 0.717) is 5.82 Å². The molecule has 0 aliphatic rings. The molecule has 2 aromatic heterocycles. The summed E-state index contributed by atoms with van der Waals surface area (Å²) >= 11 is 1.61. The SMILES string of the molecule is CCCC(Nc1nc(NN)ccc1[N+](=O)[O-])c1cccs1. The number of anilines is 2. The van der Waals surface area contributed by atoms with E-state index in [9.17, 15) is 10.1 Å². The number of nitrogens with one attached hydrogen (secondary N) is 2. The van der Waals surface area contributed by atoms with Gasteiger partial charge in [0, 0.05) is 10.9 Å². The summed E-state index contributed by atoms with van der Waals surface area (Å²) in [7, 11) is 0. The average Bonchev–Trinajstić information content (AvgIpc) is 3.00. The van der Waals surface area contributed by atoms with Crippen LogP contribution in [0.1, 0.15) is 30.7 Å². The molecule has 0 aromatic carbocycles. The van der Waals surface area contributed by atoms with Crippen LogP contribution in [-0.2, 0) is 0 Å². The molecule has 0 spiro atoms. The summed E-state index contributed by atoms with van der Waals surface area (Å²) in [5, 5.41) is 16.3. The second-order valence-corrected chi connectivity index (χ2v) is 5.45. The molecule has 7 nitrogen and oxygen atoms in total. The molecule has 2 rings (SSSR count). The number of aromatic nitrogens is 1. The summed E-state index contributed by atoms with van der Waals surface area (Å²) in [5.41, 5.74) is 2.34. The van der Waals surface area contributed by atoms with E-state index in [4.69, 9.17) is 5.84 Å². The Morgan fingerprint density at radius 2 is 2.29 bits per heavy atom. The number of pyridine rings is 1. The Morgan fingerprint density at radius 1 is 1.48 bits per heavy atom. The number of hydrogen-bond donors (Lipinski definition) is 3. The number of hydrazine groups is 1. The molecule has 0 aliphatic carbocycles. The van der Waals surface area contributed by atoms with Gasteiger partial charge in [0.25, 0.3) is 0 Å². The summed E-state index contributed by atoms with van der Waals surface area (Å²) in [6, 6.07) is 6.83. The zero-order valence-corrected chi connectivity index (χ0v) is 12.4. The van der Waals surface area contributed by atoms with Crippen LogP contribution < -0.4 is 16.6 Å². The Hall–Kier alpha value is -2.19. The van der Waals surface area contributed by atoms with E-state index in [1.807, 2.05) is 17.5 Å². The molecule has 4 N–H and O–H groups in total.